The molecule has 0 spiro atoms. The topological polar surface area (TPSA) is 48.0 Å². The SMILES string of the molecule is COc1ccc(/C=C/C(=O)N(C)Cc2ccc3c(c2)OCO3)cc1F. The first-order valence-corrected chi connectivity index (χ1v) is 7.72. The van der Waals surface area contributed by atoms with Crippen LogP contribution in [0.3, 0.4) is 0 Å². The summed E-state index contributed by atoms with van der Waals surface area (Å²) >= 11 is 0. The highest BCUT2D eigenvalue weighted by atomic mass is 19.1. The minimum Gasteiger partial charge on any atom is -0.494 e. The molecule has 0 aliphatic carbocycles. The van der Waals surface area contributed by atoms with Crippen molar-refractivity contribution >= 4 is 12.0 Å². The van der Waals surface area contributed by atoms with Gasteiger partial charge in [0, 0.05) is 19.7 Å². The van der Waals surface area contributed by atoms with Gasteiger partial charge in [0.15, 0.2) is 23.1 Å². The number of carbonyl (C=O) groups is 1. The lowest BCUT2D eigenvalue weighted by atomic mass is 10.1. The Hall–Kier alpha value is -3.02. The minimum atomic E-state index is -0.467. The molecule has 0 unspecified atom stereocenters. The normalized spacial score (nSPS) is 12.4. The third kappa shape index (κ3) is 3.91. The molecule has 0 N–H and O–H groups in total. The number of hydrogen-bond acceptors (Lipinski definition) is 4. The van der Waals surface area contributed by atoms with Gasteiger partial charge in [0.2, 0.25) is 12.7 Å². The zero-order valence-electron chi connectivity index (χ0n) is 14.0. The number of hydrogen-bond donors (Lipinski definition) is 0. The second kappa shape index (κ2) is 7.25. The van der Waals surface area contributed by atoms with Gasteiger partial charge in [-0.15, -0.1) is 0 Å². The number of fused-ring (bicyclic) bond motifs is 1. The number of amides is 1. The average Bonchev–Trinajstić information content (AvgIpc) is 3.07. The molecular weight excluding hydrogens is 325 g/mol. The van der Waals surface area contributed by atoms with Gasteiger partial charge in [0.1, 0.15) is 0 Å². The van der Waals surface area contributed by atoms with Crippen LogP contribution < -0.4 is 14.2 Å². The molecule has 1 aliphatic heterocycles. The molecule has 6 heteroatoms. The van der Waals surface area contributed by atoms with Gasteiger partial charge in [-0.2, -0.15) is 0 Å². The summed E-state index contributed by atoms with van der Waals surface area (Å²) in [5, 5.41) is 0. The highest BCUT2D eigenvalue weighted by Gasteiger charge is 2.14. The lowest BCUT2D eigenvalue weighted by Crippen LogP contribution is -2.24. The average molecular weight is 343 g/mol. The summed E-state index contributed by atoms with van der Waals surface area (Å²) in [5.41, 5.74) is 1.52. The Morgan fingerprint density at radius 2 is 2.04 bits per heavy atom. The summed E-state index contributed by atoms with van der Waals surface area (Å²) in [7, 11) is 3.11. The van der Waals surface area contributed by atoms with E-state index in [2.05, 4.69) is 0 Å². The Kier molecular flexibility index (Phi) is 4.88. The fourth-order valence-electron chi connectivity index (χ4n) is 2.47. The maximum absolute atomic E-state index is 13.7. The van der Waals surface area contributed by atoms with Crippen LogP contribution in [-0.4, -0.2) is 31.8 Å². The van der Waals surface area contributed by atoms with Crippen LogP contribution in [0.15, 0.2) is 42.5 Å². The predicted octanol–water partition coefficient (Wildman–Crippen LogP) is 3.23. The fourth-order valence-corrected chi connectivity index (χ4v) is 2.47. The number of likely N-dealkylation sites (N-methyl/N-ethyl adjacent to an activating group) is 1. The standard InChI is InChI=1S/C19H18FNO4/c1-21(11-14-4-7-17-18(10-14)25-12-24-17)19(22)8-5-13-3-6-16(23-2)15(20)9-13/h3-10H,11-12H2,1-2H3/b8-5+. The molecule has 0 saturated heterocycles. The van der Waals surface area contributed by atoms with E-state index in [1.807, 2.05) is 18.2 Å². The zero-order chi connectivity index (χ0) is 17.8. The van der Waals surface area contributed by atoms with E-state index >= 15 is 0 Å². The van der Waals surface area contributed by atoms with Crippen LogP contribution >= 0.6 is 0 Å². The quantitative estimate of drug-likeness (QED) is 0.782. The van der Waals surface area contributed by atoms with Crippen LogP contribution in [0, 0.1) is 5.82 Å². The fraction of sp³-hybridized carbons (Fsp3) is 0.211. The van der Waals surface area contributed by atoms with Crippen LogP contribution in [-0.2, 0) is 11.3 Å². The monoisotopic (exact) mass is 343 g/mol. The van der Waals surface area contributed by atoms with Crippen LogP contribution in [0.2, 0.25) is 0 Å². The number of ether oxygens (including phenoxy) is 3. The molecule has 1 amide bonds. The summed E-state index contributed by atoms with van der Waals surface area (Å²) in [6.45, 7) is 0.644. The Morgan fingerprint density at radius 3 is 2.80 bits per heavy atom. The molecule has 0 radical (unpaired) electrons. The van der Waals surface area contributed by atoms with Crippen molar-refractivity contribution in [2.45, 2.75) is 6.54 Å². The van der Waals surface area contributed by atoms with E-state index < -0.39 is 5.82 Å². The molecule has 0 atom stereocenters. The number of nitrogens with zero attached hydrogens (tertiary/aromatic N) is 1. The third-order valence-electron chi connectivity index (χ3n) is 3.83. The lowest BCUT2D eigenvalue weighted by Gasteiger charge is -2.15. The van der Waals surface area contributed by atoms with Gasteiger partial charge in [-0.05, 0) is 41.5 Å². The summed E-state index contributed by atoms with van der Waals surface area (Å²) in [4.78, 5) is 13.8. The first-order chi connectivity index (χ1) is 12.1. The van der Waals surface area contributed by atoms with Gasteiger partial charge in [0.25, 0.3) is 0 Å². The molecule has 25 heavy (non-hydrogen) atoms. The van der Waals surface area contributed by atoms with Crippen molar-refractivity contribution in [2.24, 2.45) is 0 Å². The molecule has 0 saturated carbocycles. The Morgan fingerprint density at radius 1 is 1.24 bits per heavy atom. The second-order valence-corrected chi connectivity index (χ2v) is 5.61. The summed E-state index contributed by atoms with van der Waals surface area (Å²) < 4.78 is 29.1. The van der Waals surface area contributed by atoms with E-state index in [0.717, 1.165) is 5.56 Å². The number of carbonyl (C=O) groups excluding carboxylic acids is 1. The smallest absolute Gasteiger partial charge is 0.246 e. The van der Waals surface area contributed by atoms with Gasteiger partial charge in [-0.1, -0.05) is 12.1 Å². The third-order valence-corrected chi connectivity index (χ3v) is 3.83. The number of benzene rings is 2. The molecule has 2 aromatic carbocycles. The molecule has 2 aromatic rings. The Balaban J connectivity index is 1.63. The van der Waals surface area contributed by atoms with Gasteiger partial charge in [-0.25, -0.2) is 4.39 Å². The van der Waals surface area contributed by atoms with Crippen molar-refractivity contribution < 1.29 is 23.4 Å². The van der Waals surface area contributed by atoms with Crippen molar-refractivity contribution in [2.75, 3.05) is 21.0 Å². The molecule has 5 nitrogen and oxygen atoms in total. The van der Waals surface area contributed by atoms with E-state index in [9.17, 15) is 9.18 Å². The van der Waals surface area contributed by atoms with E-state index in [1.54, 1.807) is 24.1 Å². The van der Waals surface area contributed by atoms with Gasteiger partial charge >= 0.3 is 0 Å². The van der Waals surface area contributed by atoms with Crippen LogP contribution in [0.1, 0.15) is 11.1 Å². The molecule has 130 valence electrons. The number of methoxy groups -OCH3 is 1. The Labute approximate surface area is 145 Å². The second-order valence-electron chi connectivity index (χ2n) is 5.61. The van der Waals surface area contributed by atoms with E-state index in [0.29, 0.717) is 23.6 Å². The molecular formula is C19H18FNO4. The van der Waals surface area contributed by atoms with Crippen molar-refractivity contribution in [3.63, 3.8) is 0 Å². The van der Waals surface area contributed by atoms with E-state index in [4.69, 9.17) is 14.2 Å². The van der Waals surface area contributed by atoms with Crippen molar-refractivity contribution in [3.8, 4) is 17.2 Å². The zero-order valence-corrected chi connectivity index (χ0v) is 14.0. The minimum absolute atomic E-state index is 0.170. The van der Waals surface area contributed by atoms with Crippen LogP contribution in [0.25, 0.3) is 6.08 Å². The molecule has 1 heterocycles. The first kappa shape index (κ1) is 16.8. The first-order valence-electron chi connectivity index (χ1n) is 7.72. The summed E-state index contributed by atoms with van der Waals surface area (Å²) in [6, 6.07) is 10.1. The number of halogens is 1. The molecule has 1 aliphatic rings. The largest absolute Gasteiger partial charge is 0.494 e. The lowest BCUT2D eigenvalue weighted by molar-refractivity contribution is -0.125. The Bertz CT molecular complexity index is 819. The summed E-state index contributed by atoms with van der Waals surface area (Å²) in [5.74, 6) is 0.907. The van der Waals surface area contributed by atoms with Crippen LogP contribution in [0.4, 0.5) is 4.39 Å². The molecule has 3 rings (SSSR count). The van der Waals surface area contributed by atoms with Crippen LogP contribution in [0.5, 0.6) is 17.2 Å². The highest BCUT2D eigenvalue weighted by molar-refractivity contribution is 5.91. The van der Waals surface area contributed by atoms with Crippen molar-refractivity contribution in [1.82, 2.24) is 4.90 Å². The van der Waals surface area contributed by atoms with E-state index in [-0.39, 0.29) is 18.4 Å². The van der Waals surface area contributed by atoms with Gasteiger partial charge in [-0.3, -0.25) is 4.79 Å². The maximum atomic E-state index is 13.7. The van der Waals surface area contributed by atoms with Gasteiger partial charge in [0.05, 0.1) is 7.11 Å². The highest BCUT2D eigenvalue weighted by Crippen LogP contribution is 2.32. The number of rotatable bonds is 5. The maximum Gasteiger partial charge on any atom is 0.246 e. The van der Waals surface area contributed by atoms with E-state index in [1.165, 1.54) is 25.3 Å². The van der Waals surface area contributed by atoms with Gasteiger partial charge < -0.3 is 19.1 Å². The molecule has 0 bridgehead atoms. The summed E-state index contributed by atoms with van der Waals surface area (Å²) in [6.07, 6.45) is 2.98. The molecule has 0 fully saturated rings. The van der Waals surface area contributed by atoms with Crippen molar-refractivity contribution in [3.05, 3.63) is 59.4 Å². The molecule has 0 aromatic heterocycles. The predicted molar refractivity (Wildman–Crippen MR) is 91.0 cm³/mol. The van der Waals surface area contributed by atoms with Crippen molar-refractivity contribution in [1.29, 1.82) is 0 Å².